The lowest BCUT2D eigenvalue weighted by Gasteiger charge is -2.29. The summed E-state index contributed by atoms with van der Waals surface area (Å²) >= 11 is 1.19. The molecule has 2 heterocycles. The van der Waals surface area contributed by atoms with E-state index in [4.69, 9.17) is 4.74 Å². The molecule has 37 heavy (non-hydrogen) atoms. The van der Waals surface area contributed by atoms with Gasteiger partial charge in [-0.1, -0.05) is 12.1 Å². The van der Waals surface area contributed by atoms with Crippen LogP contribution in [0.5, 0.6) is 5.75 Å². The molecule has 1 fully saturated rings. The highest BCUT2D eigenvalue weighted by Crippen LogP contribution is 2.33. The maximum Gasteiger partial charge on any atom is 0.407 e. The Morgan fingerprint density at radius 3 is 2.62 bits per heavy atom. The Balaban J connectivity index is 1.70. The van der Waals surface area contributed by atoms with Crippen molar-refractivity contribution in [3.63, 3.8) is 0 Å². The minimum atomic E-state index is -4.47. The summed E-state index contributed by atoms with van der Waals surface area (Å²) < 4.78 is 49.1. The van der Waals surface area contributed by atoms with E-state index in [2.05, 4.69) is 4.98 Å². The minimum Gasteiger partial charge on any atom is -0.497 e. The van der Waals surface area contributed by atoms with Crippen molar-refractivity contribution in [2.75, 3.05) is 36.5 Å². The molecule has 196 valence electrons. The number of carboxylic acid groups (broad SMARTS) is 1. The maximum absolute atomic E-state index is 15.5. The SMILES string of the molecule is COc1ccc(CN(c2cscn2)S(=O)(=O)c2cc(C=O)c(N(C)C3CCN(C(=O)O)C3)cc2F)cc1. The van der Waals surface area contributed by atoms with Crippen LogP contribution in [0, 0.1) is 5.82 Å². The molecule has 1 aromatic heterocycles. The van der Waals surface area contributed by atoms with Crippen LogP contribution in [-0.4, -0.2) is 69.1 Å². The number of anilines is 2. The second-order valence-electron chi connectivity index (χ2n) is 8.45. The highest BCUT2D eigenvalue weighted by molar-refractivity contribution is 7.92. The number of carbonyl (C=O) groups excluding carboxylic acids is 1. The average molecular weight is 549 g/mol. The van der Waals surface area contributed by atoms with Gasteiger partial charge in [0.05, 0.1) is 24.9 Å². The molecule has 0 aliphatic carbocycles. The van der Waals surface area contributed by atoms with Gasteiger partial charge in [0.1, 0.15) is 16.5 Å². The number of rotatable bonds is 9. The van der Waals surface area contributed by atoms with Crippen LogP contribution in [0.1, 0.15) is 22.3 Å². The number of likely N-dealkylation sites (N-methyl/N-ethyl adjacent to an activating group) is 1. The summed E-state index contributed by atoms with van der Waals surface area (Å²) in [6.45, 7) is 0.371. The first kappa shape index (κ1) is 26.4. The van der Waals surface area contributed by atoms with Crippen molar-refractivity contribution in [3.8, 4) is 5.75 Å². The van der Waals surface area contributed by atoms with Gasteiger partial charge in [0.15, 0.2) is 12.1 Å². The van der Waals surface area contributed by atoms with Crippen LogP contribution in [0.25, 0.3) is 0 Å². The average Bonchev–Trinajstić information content (AvgIpc) is 3.60. The molecular weight excluding hydrogens is 523 g/mol. The Labute approximate surface area is 217 Å². The van der Waals surface area contributed by atoms with E-state index in [-0.39, 0.29) is 36.2 Å². The molecule has 1 aliphatic rings. The van der Waals surface area contributed by atoms with E-state index in [0.29, 0.717) is 30.6 Å². The van der Waals surface area contributed by atoms with Crippen molar-refractivity contribution in [3.05, 3.63) is 64.2 Å². The van der Waals surface area contributed by atoms with Crippen LogP contribution in [0.4, 0.5) is 20.7 Å². The van der Waals surface area contributed by atoms with Crippen LogP contribution in [0.2, 0.25) is 0 Å². The molecule has 0 radical (unpaired) electrons. The Hall–Kier alpha value is -3.71. The molecule has 1 aliphatic heterocycles. The summed E-state index contributed by atoms with van der Waals surface area (Å²) in [6, 6.07) is 8.49. The Morgan fingerprint density at radius 1 is 1.32 bits per heavy atom. The summed E-state index contributed by atoms with van der Waals surface area (Å²) in [5.41, 5.74) is 2.24. The Bertz CT molecular complexity index is 1380. The number of aldehydes is 1. The first-order valence-electron chi connectivity index (χ1n) is 11.2. The van der Waals surface area contributed by atoms with Gasteiger partial charge >= 0.3 is 6.09 Å². The molecule has 3 aromatic rings. The molecule has 0 saturated carbocycles. The van der Waals surface area contributed by atoms with E-state index in [0.717, 1.165) is 16.4 Å². The summed E-state index contributed by atoms with van der Waals surface area (Å²) in [7, 11) is -1.33. The number of sulfonamides is 1. The normalized spacial score (nSPS) is 15.4. The van der Waals surface area contributed by atoms with Crippen molar-refractivity contribution in [2.24, 2.45) is 0 Å². The minimum absolute atomic E-state index is 0.0288. The predicted molar refractivity (Wildman–Crippen MR) is 137 cm³/mol. The number of thiazole rings is 1. The number of amides is 1. The summed E-state index contributed by atoms with van der Waals surface area (Å²) in [6.07, 6.45) is -0.106. The van der Waals surface area contributed by atoms with Gasteiger partial charge in [-0.3, -0.25) is 4.79 Å². The van der Waals surface area contributed by atoms with Crippen LogP contribution < -0.4 is 13.9 Å². The van der Waals surface area contributed by atoms with Gasteiger partial charge in [0, 0.05) is 37.1 Å². The monoisotopic (exact) mass is 548 g/mol. The molecule has 10 nitrogen and oxygen atoms in total. The van der Waals surface area contributed by atoms with Crippen molar-refractivity contribution < 1.29 is 32.2 Å². The smallest absolute Gasteiger partial charge is 0.407 e. The zero-order chi connectivity index (χ0) is 26.7. The first-order chi connectivity index (χ1) is 17.6. The third-order valence-electron chi connectivity index (χ3n) is 6.30. The number of nitrogens with zero attached hydrogens (tertiary/aromatic N) is 4. The molecule has 0 spiro atoms. The summed E-state index contributed by atoms with van der Waals surface area (Å²) in [5, 5.41) is 10.8. The zero-order valence-corrected chi connectivity index (χ0v) is 21.7. The van der Waals surface area contributed by atoms with E-state index in [1.807, 2.05) is 0 Å². The molecule has 1 saturated heterocycles. The quantitative estimate of drug-likeness (QED) is 0.402. The molecule has 1 atom stereocenters. The summed E-state index contributed by atoms with van der Waals surface area (Å²) in [4.78, 5) is 29.6. The van der Waals surface area contributed by atoms with Crippen molar-refractivity contribution >= 4 is 45.2 Å². The van der Waals surface area contributed by atoms with Crippen LogP contribution in [0.3, 0.4) is 0 Å². The van der Waals surface area contributed by atoms with Crippen molar-refractivity contribution in [2.45, 2.75) is 23.9 Å². The van der Waals surface area contributed by atoms with E-state index in [1.165, 1.54) is 34.2 Å². The molecule has 2 aromatic carbocycles. The number of halogens is 1. The fourth-order valence-electron chi connectivity index (χ4n) is 4.22. The van der Waals surface area contributed by atoms with Gasteiger partial charge in [-0.15, -0.1) is 11.3 Å². The van der Waals surface area contributed by atoms with Gasteiger partial charge in [-0.2, -0.15) is 0 Å². The number of likely N-dealkylation sites (tertiary alicyclic amines) is 1. The lowest BCUT2D eigenvalue weighted by atomic mass is 10.1. The number of ether oxygens (including phenoxy) is 1. The van der Waals surface area contributed by atoms with E-state index < -0.39 is 26.8 Å². The van der Waals surface area contributed by atoms with Gasteiger partial charge in [0.2, 0.25) is 0 Å². The predicted octanol–water partition coefficient (Wildman–Crippen LogP) is 3.69. The van der Waals surface area contributed by atoms with E-state index >= 15 is 4.39 Å². The maximum atomic E-state index is 15.5. The fourth-order valence-corrected chi connectivity index (χ4v) is 6.31. The highest BCUT2D eigenvalue weighted by Gasteiger charge is 2.33. The second kappa shape index (κ2) is 10.7. The van der Waals surface area contributed by atoms with Crippen molar-refractivity contribution in [1.82, 2.24) is 9.88 Å². The van der Waals surface area contributed by atoms with E-state index in [1.54, 1.807) is 36.2 Å². The topological polar surface area (TPSA) is 120 Å². The summed E-state index contributed by atoms with van der Waals surface area (Å²) in [5.74, 6) is -0.314. The molecule has 1 N–H and O–H groups in total. The van der Waals surface area contributed by atoms with Gasteiger partial charge in [0.25, 0.3) is 10.0 Å². The Kier molecular flexibility index (Phi) is 7.64. The standard InChI is InChI=1S/C24H25FN4O6S2/c1-27(18-7-8-28(12-18)24(31)32)21-10-20(25)22(9-17(21)13-30)37(33,34)29(23-14-36-15-26-23)11-16-3-5-19(35-2)6-4-16/h3-6,9-10,13-15,18H,7-8,11-12H2,1-2H3,(H,31,32). The molecule has 4 rings (SSSR count). The third-order valence-corrected chi connectivity index (χ3v) is 8.64. The first-order valence-corrected chi connectivity index (χ1v) is 13.6. The van der Waals surface area contributed by atoms with Crippen LogP contribution in [0.15, 0.2) is 52.2 Å². The Morgan fingerprint density at radius 2 is 2.05 bits per heavy atom. The van der Waals surface area contributed by atoms with E-state index in [9.17, 15) is 23.1 Å². The molecule has 0 bridgehead atoms. The van der Waals surface area contributed by atoms with Gasteiger partial charge < -0.3 is 19.6 Å². The number of methoxy groups -OCH3 is 1. The number of aromatic nitrogens is 1. The molecular formula is C24H25FN4O6S2. The van der Waals surface area contributed by atoms with Crippen LogP contribution in [-0.2, 0) is 16.6 Å². The van der Waals surface area contributed by atoms with Crippen molar-refractivity contribution in [1.29, 1.82) is 0 Å². The highest BCUT2D eigenvalue weighted by atomic mass is 32.2. The fraction of sp³-hybridized carbons (Fsp3) is 0.292. The molecule has 1 amide bonds. The second-order valence-corrected chi connectivity index (χ2v) is 11.0. The number of hydrogen-bond donors (Lipinski definition) is 1. The molecule has 1 unspecified atom stereocenters. The third kappa shape index (κ3) is 5.37. The van der Waals surface area contributed by atoms with Gasteiger partial charge in [-0.05, 0) is 36.2 Å². The lowest BCUT2D eigenvalue weighted by molar-refractivity contribution is 0.112. The molecule has 13 heteroatoms. The van der Waals surface area contributed by atoms with Gasteiger partial charge in [-0.25, -0.2) is 26.9 Å². The lowest BCUT2D eigenvalue weighted by Crippen LogP contribution is -2.37. The number of hydrogen-bond acceptors (Lipinski definition) is 8. The number of carbonyl (C=O) groups is 2. The largest absolute Gasteiger partial charge is 0.497 e. The zero-order valence-electron chi connectivity index (χ0n) is 20.1. The number of benzene rings is 2. The van der Waals surface area contributed by atoms with Crippen LogP contribution >= 0.6 is 11.3 Å².